The van der Waals surface area contributed by atoms with Crippen molar-refractivity contribution >= 4 is 11.9 Å². The Labute approximate surface area is 135 Å². The van der Waals surface area contributed by atoms with Gasteiger partial charge < -0.3 is 10.4 Å². The second-order valence-corrected chi connectivity index (χ2v) is 5.73. The van der Waals surface area contributed by atoms with Crippen LogP contribution in [0.25, 0.3) is 0 Å². The van der Waals surface area contributed by atoms with Gasteiger partial charge in [-0.15, -0.1) is 0 Å². The monoisotopic (exact) mass is 315 g/mol. The molecular weight excluding hydrogens is 294 g/mol. The number of hydrogen-bond donors (Lipinski definition) is 2. The molecule has 23 heavy (non-hydrogen) atoms. The Balaban J connectivity index is 2.03. The molecule has 2 rings (SSSR count). The first-order valence-corrected chi connectivity index (χ1v) is 7.43. The average molecular weight is 315 g/mol. The number of carbonyl (C=O) groups excluding carboxylic acids is 1. The van der Waals surface area contributed by atoms with Crippen LogP contribution in [0, 0.1) is 13.8 Å². The number of benzene rings is 1. The molecule has 0 spiro atoms. The zero-order valence-electron chi connectivity index (χ0n) is 13.8. The second-order valence-electron chi connectivity index (χ2n) is 5.73. The smallest absolute Gasteiger partial charge is 0.335 e. The summed E-state index contributed by atoms with van der Waals surface area (Å²) in [5.41, 5.74) is 3.81. The third-order valence-corrected chi connectivity index (χ3v) is 3.94. The van der Waals surface area contributed by atoms with Crippen LogP contribution in [0.4, 0.5) is 0 Å². The summed E-state index contributed by atoms with van der Waals surface area (Å²) in [5.74, 6) is -1.22. The van der Waals surface area contributed by atoms with E-state index in [0.29, 0.717) is 12.0 Å². The minimum atomic E-state index is -1.01. The molecule has 2 N–H and O–H groups in total. The summed E-state index contributed by atoms with van der Waals surface area (Å²) in [5, 5.41) is 16.2. The molecule has 1 aromatic heterocycles. The summed E-state index contributed by atoms with van der Waals surface area (Å²) in [6.07, 6.45) is 0.699. The largest absolute Gasteiger partial charge is 0.478 e. The fourth-order valence-corrected chi connectivity index (χ4v) is 2.54. The molecule has 0 fully saturated rings. The van der Waals surface area contributed by atoms with Gasteiger partial charge in [-0.3, -0.25) is 9.48 Å². The summed E-state index contributed by atoms with van der Waals surface area (Å²) in [4.78, 5) is 23.0. The third kappa shape index (κ3) is 3.77. The lowest BCUT2D eigenvalue weighted by Crippen LogP contribution is -2.34. The van der Waals surface area contributed by atoms with Crippen LogP contribution in [0.5, 0.6) is 0 Å². The van der Waals surface area contributed by atoms with E-state index in [1.165, 1.54) is 24.3 Å². The molecule has 0 aliphatic rings. The molecule has 0 aliphatic heterocycles. The number of carboxylic acids is 1. The van der Waals surface area contributed by atoms with Crippen LogP contribution in [0.15, 0.2) is 24.3 Å². The molecule has 6 heteroatoms. The Hall–Kier alpha value is -2.63. The fraction of sp³-hybridized carbons (Fsp3) is 0.353. The van der Waals surface area contributed by atoms with Crippen LogP contribution in [0.1, 0.15) is 44.6 Å². The number of carbonyl (C=O) groups is 2. The topological polar surface area (TPSA) is 84.2 Å². The molecule has 122 valence electrons. The molecule has 0 saturated carbocycles. The summed E-state index contributed by atoms with van der Waals surface area (Å²) in [7, 11) is 1.90. The maximum absolute atomic E-state index is 12.2. The van der Waals surface area contributed by atoms with E-state index < -0.39 is 5.97 Å². The van der Waals surface area contributed by atoms with E-state index in [0.717, 1.165) is 17.0 Å². The first-order valence-electron chi connectivity index (χ1n) is 7.43. The highest BCUT2D eigenvalue weighted by Crippen LogP contribution is 2.14. The van der Waals surface area contributed by atoms with Crippen molar-refractivity contribution in [3.8, 4) is 0 Å². The van der Waals surface area contributed by atoms with Gasteiger partial charge in [0, 0.05) is 24.3 Å². The third-order valence-electron chi connectivity index (χ3n) is 3.94. The molecule has 0 saturated heterocycles. The van der Waals surface area contributed by atoms with Crippen LogP contribution in [-0.4, -0.2) is 32.8 Å². The van der Waals surface area contributed by atoms with Gasteiger partial charge in [0.15, 0.2) is 0 Å². The maximum atomic E-state index is 12.2. The second kappa shape index (κ2) is 6.64. The van der Waals surface area contributed by atoms with E-state index in [4.69, 9.17) is 5.11 Å². The lowest BCUT2D eigenvalue weighted by molar-refractivity contribution is 0.0696. The van der Waals surface area contributed by atoms with Crippen molar-refractivity contribution in [1.29, 1.82) is 0 Å². The Morgan fingerprint density at radius 1 is 1.22 bits per heavy atom. The first kappa shape index (κ1) is 16.7. The van der Waals surface area contributed by atoms with Crippen molar-refractivity contribution in [3.05, 3.63) is 52.3 Å². The van der Waals surface area contributed by atoms with Gasteiger partial charge in [0.05, 0.1) is 11.3 Å². The van der Waals surface area contributed by atoms with Crippen LogP contribution in [-0.2, 0) is 13.5 Å². The minimum absolute atomic E-state index is 0.0525. The number of rotatable bonds is 5. The lowest BCUT2D eigenvalue weighted by atomic mass is 10.0. The van der Waals surface area contributed by atoms with Gasteiger partial charge >= 0.3 is 5.97 Å². The van der Waals surface area contributed by atoms with E-state index >= 15 is 0 Å². The number of nitrogens with one attached hydrogen (secondary N) is 1. The highest BCUT2D eigenvalue weighted by Gasteiger charge is 2.15. The van der Waals surface area contributed by atoms with Crippen LogP contribution in [0.2, 0.25) is 0 Å². The van der Waals surface area contributed by atoms with E-state index in [1.807, 2.05) is 32.5 Å². The predicted octanol–water partition coefficient (Wildman–Crippen LogP) is 2.10. The summed E-state index contributed by atoms with van der Waals surface area (Å²) in [6, 6.07) is 5.84. The molecule has 0 aliphatic carbocycles. The Morgan fingerprint density at radius 2 is 1.78 bits per heavy atom. The SMILES string of the molecule is Cc1nn(C)c(C)c1C[C@@H](C)NC(=O)c1ccc(C(=O)O)cc1. The van der Waals surface area contributed by atoms with Crippen molar-refractivity contribution in [1.82, 2.24) is 15.1 Å². The van der Waals surface area contributed by atoms with E-state index in [2.05, 4.69) is 10.4 Å². The summed E-state index contributed by atoms with van der Waals surface area (Å²) < 4.78 is 1.84. The first-order chi connectivity index (χ1) is 10.8. The summed E-state index contributed by atoms with van der Waals surface area (Å²) >= 11 is 0. The Bertz CT molecular complexity index is 732. The minimum Gasteiger partial charge on any atom is -0.478 e. The molecular formula is C17H21N3O3. The van der Waals surface area contributed by atoms with E-state index in [-0.39, 0.29) is 17.5 Å². The van der Waals surface area contributed by atoms with Gasteiger partial charge in [0.1, 0.15) is 0 Å². The molecule has 0 radical (unpaired) electrons. The van der Waals surface area contributed by atoms with E-state index in [1.54, 1.807) is 0 Å². The normalized spacial score (nSPS) is 12.0. The maximum Gasteiger partial charge on any atom is 0.335 e. The lowest BCUT2D eigenvalue weighted by Gasteiger charge is -2.14. The number of amides is 1. The molecule has 1 heterocycles. The quantitative estimate of drug-likeness (QED) is 0.885. The molecule has 2 aromatic rings. The number of hydrogen-bond acceptors (Lipinski definition) is 3. The number of aromatic carboxylic acids is 1. The number of aromatic nitrogens is 2. The molecule has 1 amide bonds. The Kier molecular flexibility index (Phi) is 4.83. The van der Waals surface area contributed by atoms with Gasteiger partial charge in [-0.25, -0.2) is 4.79 Å². The van der Waals surface area contributed by atoms with Crippen molar-refractivity contribution in [2.45, 2.75) is 33.2 Å². The average Bonchev–Trinajstić information content (AvgIpc) is 2.73. The van der Waals surface area contributed by atoms with Crippen LogP contribution < -0.4 is 5.32 Å². The number of aryl methyl sites for hydroxylation is 2. The van der Waals surface area contributed by atoms with Crippen molar-refractivity contribution in [2.24, 2.45) is 7.05 Å². The van der Waals surface area contributed by atoms with Gasteiger partial charge in [0.2, 0.25) is 0 Å². The zero-order chi connectivity index (χ0) is 17.1. The highest BCUT2D eigenvalue weighted by atomic mass is 16.4. The standard InChI is InChI=1S/C17H21N3O3/c1-10(9-15-11(2)19-20(4)12(15)3)18-16(21)13-5-7-14(8-6-13)17(22)23/h5-8,10H,9H2,1-4H3,(H,18,21)(H,22,23)/t10-/m1/s1. The van der Waals surface area contributed by atoms with Gasteiger partial charge in [0.25, 0.3) is 5.91 Å². The number of nitrogens with zero attached hydrogens (tertiary/aromatic N) is 2. The molecule has 6 nitrogen and oxygen atoms in total. The fourth-order valence-electron chi connectivity index (χ4n) is 2.54. The highest BCUT2D eigenvalue weighted by molar-refractivity contribution is 5.96. The van der Waals surface area contributed by atoms with Gasteiger partial charge in [-0.05, 0) is 57.0 Å². The number of carboxylic acid groups (broad SMARTS) is 1. The predicted molar refractivity (Wildman–Crippen MR) is 86.7 cm³/mol. The zero-order valence-corrected chi connectivity index (χ0v) is 13.8. The molecule has 1 atom stereocenters. The van der Waals surface area contributed by atoms with Gasteiger partial charge in [-0.1, -0.05) is 0 Å². The molecule has 1 aromatic carbocycles. The molecule has 0 unspecified atom stereocenters. The van der Waals surface area contributed by atoms with E-state index in [9.17, 15) is 9.59 Å². The summed E-state index contributed by atoms with van der Waals surface area (Å²) in [6.45, 7) is 5.91. The van der Waals surface area contributed by atoms with Crippen LogP contribution in [0.3, 0.4) is 0 Å². The molecule has 0 bridgehead atoms. The van der Waals surface area contributed by atoms with Crippen LogP contribution >= 0.6 is 0 Å². The Morgan fingerprint density at radius 3 is 2.26 bits per heavy atom. The van der Waals surface area contributed by atoms with Gasteiger partial charge in [-0.2, -0.15) is 5.10 Å². The van der Waals surface area contributed by atoms with Crippen molar-refractivity contribution in [3.63, 3.8) is 0 Å². The van der Waals surface area contributed by atoms with Crippen molar-refractivity contribution in [2.75, 3.05) is 0 Å². The van der Waals surface area contributed by atoms with Crippen molar-refractivity contribution < 1.29 is 14.7 Å².